The minimum Gasteiger partial charge on any atom is -0.480 e. The molecule has 0 radical (unpaired) electrons. The number of nitrogens with zero attached hydrogens (tertiary/aromatic N) is 2. The van der Waals surface area contributed by atoms with Gasteiger partial charge in [-0.15, -0.1) is 0 Å². The van der Waals surface area contributed by atoms with Gasteiger partial charge >= 0.3 is 5.97 Å². The third-order valence-corrected chi connectivity index (χ3v) is 5.15. The van der Waals surface area contributed by atoms with Crippen LogP contribution in [0.1, 0.15) is 17.5 Å². The van der Waals surface area contributed by atoms with Gasteiger partial charge in [0.2, 0.25) is 10.0 Å². The van der Waals surface area contributed by atoms with Gasteiger partial charge in [-0.1, -0.05) is 18.2 Å². The van der Waals surface area contributed by atoms with Crippen LogP contribution in [0, 0.1) is 11.3 Å². The van der Waals surface area contributed by atoms with Crippen molar-refractivity contribution in [1.82, 2.24) is 4.31 Å². The number of carboxylic acids is 1. The predicted octanol–water partition coefficient (Wildman–Crippen LogP) is -0.0921. The molecule has 112 valence electrons. The third kappa shape index (κ3) is 3.21. The average molecular weight is 310 g/mol. The molecule has 1 aromatic carbocycles. The van der Waals surface area contributed by atoms with Crippen LogP contribution in [-0.4, -0.2) is 47.6 Å². The quantitative estimate of drug-likeness (QED) is 0.802. The number of nitriles is 1. The van der Waals surface area contributed by atoms with Crippen LogP contribution in [0.5, 0.6) is 0 Å². The van der Waals surface area contributed by atoms with Gasteiger partial charge in [0.05, 0.1) is 23.5 Å². The van der Waals surface area contributed by atoms with Crippen LogP contribution >= 0.6 is 0 Å². The summed E-state index contributed by atoms with van der Waals surface area (Å²) in [5, 5.41) is 27.6. The number of carboxylic acid groups (broad SMARTS) is 1. The lowest BCUT2D eigenvalue weighted by Gasteiger charge is -2.20. The van der Waals surface area contributed by atoms with E-state index >= 15 is 0 Å². The topological polar surface area (TPSA) is 119 Å². The summed E-state index contributed by atoms with van der Waals surface area (Å²) in [4.78, 5) is 11.1. The zero-order chi connectivity index (χ0) is 15.6. The van der Waals surface area contributed by atoms with Gasteiger partial charge in [-0.3, -0.25) is 4.79 Å². The first-order valence-corrected chi connectivity index (χ1v) is 7.84. The molecule has 0 aromatic heterocycles. The molecule has 0 saturated carbocycles. The molecule has 1 aliphatic heterocycles. The Hall–Kier alpha value is -1.95. The Kier molecular flexibility index (Phi) is 4.27. The molecule has 0 aliphatic carbocycles. The maximum absolute atomic E-state index is 12.4. The lowest BCUT2D eigenvalue weighted by Crippen LogP contribution is -2.41. The fraction of sp³-hybridized carbons (Fsp3) is 0.385. The highest BCUT2D eigenvalue weighted by atomic mass is 32.2. The highest BCUT2D eigenvalue weighted by Gasteiger charge is 2.42. The molecule has 1 unspecified atom stereocenters. The molecule has 1 aromatic rings. The predicted molar refractivity (Wildman–Crippen MR) is 72.5 cm³/mol. The zero-order valence-electron chi connectivity index (χ0n) is 11.0. The van der Waals surface area contributed by atoms with Gasteiger partial charge < -0.3 is 10.2 Å². The molecule has 2 rings (SSSR count). The van der Waals surface area contributed by atoms with E-state index in [9.17, 15) is 18.3 Å². The molecule has 1 fully saturated rings. The van der Waals surface area contributed by atoms with Crippen molar-refractivity contribution in [2.45, 2.75) is 24.3 Å². The van der Waals surface area contributed by atoms with E-state index in [1.807, 2.05) is 6.07 Å². The van der Waals surface area contributed by atoms with E-state index in [0.29, 0.717) is 5.56 Å². The van der Waals surface area contributed by atoms with Crippen molar-refractivity contribution in [3.8, 4) is 6.07 Å². The number of rotatable bonds is 4. The average Bonchev–Trinajstić information content (AvgIpc) is 2.82. The van der Waals surface area contributed by atoms with E-state index < -0.39 is 33.9 Å². The Morgan fingerprint density at radius 3 is 2.71 bits per heavy atom. The molecule has 7 nitrogen and oxygen atoms in total. The summed E-state index contributed by atoms with van der Waals surface area (Å²) >= 11 is 0. The minimum absolute atomic E-state index is 0.130. The van der Waals surface area contributed by atoms with Crippen LogP contribution in [0.15, 0.2) is 24.3 Å². The molecule has 2 atom stereocenters. The van der Waals surface area contributed by atoms with Crippen LogP contribution in [0.2, 0.25) is 0 Å². The number of aliphatic hydroxyl groups excluding tert-OH is 1. The second-order valence-electron chi connectivity index (χ2n) is 4.84. The first kappa shape index (κ1) is 15.4. The van der Waals surface area contributed by atoms with Crippen molar-refractivity contribution in [2.75, 3.05) is 6.54 Å². The first-order valence-electron chi connectivity index (χ1n) is 6.23. The van der Waals surface area contributed by atoms with Crippen molar-refractivity contribution in [3.05, 3.63) is 35.4 Å². The fourth-order valence-electron chi connectivity index (χ4n) is 2.35. The summed E-state index contributed by atoms with van der Waals surface area (Å²) in [6.45, 7) is -0.242. The van der Waals surface area contributed by atoms with Gasteiger partial charge in [0.1, 0.15) is 6.04 Å². The Morgan fingerprint density at radius 1 is 1.43 bits per heavy atom. The highest BCUT2D eigenvalue weighted by Crippen LogP contribution is 2.25. The van der Waals surface area contributed by atoms with Gasteiger partial charge in [-0.05, 0) is 11.6 Å². The number of hydrogen-bond acceptors (Lipinski definition) is 5. The summed E-state index contributed by atoms with van der Waals surface area (Å²) in [6.07, 6.45) is -1.12. The second-order valence-corrected chi connectivity index (χ2v) is 6.76. The van der Waals surface area contributed by atoms with Gasteiger partial charge in [-0.2, -0.15) is 9.57 Å². The molecule has 0 amide bonds. The minimum atomic E-state index is -3.93. The highest BCUT2D eigenvalue weighted by molar-refractivity contribution is 7.88. The summed E-state index contributed by atoms with van der Waals surface area (Å²) in [5.41, 5.74) is 0.540. The number of aliphatic carboxylic acids is 1. The molecule has 0 bridgehead atoms. The monoisotopic (exact) mass is 310 g/mol. The van der Waals surface area contributed by atoms with Crippen LogP contribution in [0.25, 0.3) is 0 Å². The third-order valence-electron chi connectivity index (χ3n) is 3.35. The molecule has 21 heavy (non-hydrogen) atoms. The van der Waals surface area contributed by atoms with E-state index in [0.717, 1.165) is 4.31 Å². The van der Waals surface area contributed by atoms with E-state index in [2.05, 4.69) is 0 Å². The SMILES string of the molecule is N#Cc1ccccc1CS(=O)(=O)N1CC(O)C[C@H]1C(=O)O. The standard InChI is InChI=1S/C13H14N2O5S/c14-6-9-3-1-2-4-10(9)8-21(19,20)15-7-11(16)5-12(15)13(17)18/h1-4,11-12,16H,5,7-8H2,(H,17,18)/t11?,12-/m0/s1. The maximum atomic E-state index is 12.4. The summed E-state index contributed by atoms with van der Waals surface area (Å²) in [6, 6.07) is 6.88. The van der Waals surface area contributed by atoms with Gasteiger partial charge in [0.25, 0.3) is 0 Å². The van der Waals surface area contributed by atoms with Gasteiger partial charge in [-0.25, -0.2) is 8.42 Å². The van der Waals surface area contributed by atoms with Crippen LogP contribution < -0.4 is 0 Å². The molecule has 2 N–H and O–H groups in total. The zero-order valence-corrected chi connectivity index (χ0v) is 11.8. The Balaban J connectivity index is 2.30. The lowest BCUT2D eigenvalue weighted by molar-refractivity contribution is -0.140. The Bertz CT molecular complexity index is 695. The number of aliphatic hydroxyl groups is 1. The van der Waals surface area contributed by atoms with Crippen molar-refractivity contribution in [3.63, 3.8) is 0 Å². The normalized spacial score (nSPS) is 22.9. The first-order chi connectivity index (χ1) is 9.85. The smallest absolute Gasteiger partial charge is 0.322 e. The Labute approximate surface area is 122 Å². The van der Waals surface area contributed by atoms with E-state index in [1.165, 1.54) is 12.1 Å². The van der Waals surface area contributed by atoms with Crippen molar-refractivity contribution < 1.29 is 23.4 Å². The van der Waals surface area contributed by atoms with Crippen LogP contribution in [0.3, 0.4) is 0 Å². The van der Waals surface area contributed by atoms with Gasteiger partial charge in [0, 0.05) is 13.0 Å². The van der Waals surface area contributed by atoms with Crippen molar-refractivity contribution in [1.29, 1.82) is 5.26 Å². The molecule has 0 spiro atoms. The lowest BCUT2D eigenvalue weighted by atomic mass is 10.1. The van der Waals surface area contributed by atoms with Gasteiger partial charge in [0.15, 0.2) is 0 Å². The number of sulfonamides is 1. The van der Waals surface area contributed by atoms with Crippen LogP contribution in [0.4, 0.5) is 0 Å². The van der Waals surface area contributed by atoms with Crippen molar-refractivity contribution >= 4 is 16.0 Å². The maximum Gasteiger partial charge on any atom is 0.322 e. The fourth-order valence-corrected chi connectivity index (χ4v) is 4.12. The van der Waals surface area contributed by atoms with E-state index in [-0.39, 0.29) is 18.5 Å². The number of β-amino-alcohol motifs (C(OH)–C–C–N with tert-alkyl or cyclic N) is 1. The summed E-state index contributed by atoms with van der Waals surface area (Å²) < 4.78 is 25.5. The Morgan fingerprint density at radius 2 is 2.10 bits per heavy atom. The van der Waals surface area contributed by atoms with Crippen molar-refractivity contribution in [2.24, 2.45) is 0 Å². The number of benzene rings is 1. The molecule has 1 saturated heterocycles. The molecular formula is C13H14N2O5S. The van der Waals surface area contributed by atoms with E-state index in [4.69, 9.17) is 10.4 Å². The largest absolute Gasteiger partial charge is 0.480 e. The molecule has 1 aliphatic rings. The number of carbonyl (C=O) groups is 1. The molecule has 8 heteroatoms. The summed E-state index contributed by atoms with van der Waals surface area (Å²) in [5.74, 6) is -1.75. The molecular weight excluding hydrogens is 296 g/mol. The second kappa shape index (κ2) is 5.81. The van der Waals surface area contributed by atoms with Crippen LogP contribution in [-0.2, 0) is 20.6 Å². The van der Waals surface area contributed by atoms with E-state index in [1.54, 1.807) is 12.1 Å². The summed E-state index contributed by atoms with van der Waals surface area (Å²) in [7, 11) is -3.93. The molecule has 1 heterocycles. The number of hydrogen-bond donors (Lipinski definition) is 2.